The number of ether oxygens (including phenoxy) is 1. The van der Waals surface area contributed by atoms with Gasteiger partial charge in [0.2, 0.25) is 0 Å². The standard InChI is InChI=1S/C16H17IO.4FH.Sb/c1-16(2,18-3)13-9-11-15(12-10-13)17-14-7-5-4-6-8-14;;;;;/h5-12H,1-3H3;4*1H;/q+1;;;;;+4/p-4. The predicted molar refractivity (Wildman–Crippen MR) is 80.1 cm³/mol. The molecule has 2 rings (SSSR count). The number of hydrogen-bond acceptors (Lipinski definition) is 1. The first-order valence-electron chi connectivity index (χ1n) is 6.78. The first kappa shape index (κ1) is 19.0. The third-order valence-corrected chi connectivity index (χ3v) is 9.25. The predicted octanol–water partition coefficient (Wildman–Crippen LogP) is 1.17. The van der Waals surface area contributed by atoms with Gasteiger partial charge in [-0.05, 0) is 0 Å². The molecule has 0 aliphatic heterocycles. The van der Waals surface area contributed by atoms with Gasteiger partial charge in [0.1, 0.15) is 0 Å². The average Bonchev–Trinajstić information content (AvgIpc) is 2.47. The van der Waals surface area contributed by atoms with Crippen LogP contribution < -0.4 is 24.7 Å². The topological polar surface area (TPSA) is 9.23 Å². The molecule has 0 N–H and O–H groups in total. The molecule has 0 amide bonds. The quantitative estimate of drug-likeness (QED) is 0.309. The third kappa shape index (κ3) is 5.07. The Hall–Kier alpha value is -0.332. The zero-order chi connectivity index (χ0) is 17.3. The summed E-state index contributed by atoms with van der Waals surface area (Å²) in [5, 5.41) is 0. The van der Waals surface area contributed by atoms with Crippen LogP contribution in [0.15, 0.2) is 48.5 Å². The minimum absolute atomic E-state index is 0.382. The van der Waals surface area contributed by atoms with E-state index in [0.717, 1.165) is 24.8 Å². The van der Waals surface area contributed by atoms with Crippen LogP contribution in [0.1, 0.15) is 19.4 Å². The summed E-state index contributed by atoms with van der Waals surface area (Å²) in [4.78, 5) is 0. The molecule has 0 spiro atoms. The first-order valence-corrected chi connectivity index (χ1v) is 14.1. The molecular weight excluding hydrogens is 533 g/mol. The molecule has 126 valence electrons. The van der Waals surface area contributed by atoms with Gasteiger partial charge in [-0.1, -0.05) is 0 Å². The van der Waals surface area contributed by atoms with Crippen molar-refractivity contribution >= 4 is 23.2 Å². The van der Waals surface area contributed by atoms with Crippen molar-refractivity contribution in [3.8, 4) is 0 Å². The van der Waals surface area contributed by atoms with Crippen LogP contribution in [0.25, 0.3) is 0 Å². The summed E-state index contributed by atoms with van der Waals surface area (Å²) in [6.45, 7) is 3.93. The van der Waals surface area contributed by atoms with E-state index < -0.39 is 44.4 Å². The number of hydrogen-bond donors (Lipinski definition) is 0. The summed E-state index contributed by atoms with van der Waals surface area (Å²) in [6.07, 6.45) is 0. The molecule has 0 saturated carbocycles. The SMILES string of the molecule is COC(C)(C)c1ccc([I+]c2cc[c]([Sb]([F])([F])([F])[F])cc2)cc1. The Bertz CT molecular complexity index is 669. The van der Waals surface area contributed by atoms with Crippen LogP contribution in [0.2, 0.25) is 0 Å². The van der Waals surface area contributed by atoms with E-state index in [-0.39, 0.29) is 5.60 Å². The molecule has 0 aromatic heterocycles. The minimum atomic E-state index is -8.44. The Morgan fingerprint density at radius 2 is 1.26 bits per heavy atom. The molecule has 0 heterocycles. The van der Waals surface area contributed by atoms with Gasteiger partial charge in [0, 0.05) is 0 Å². The monoisotopic (exact) mass is 549 g/mol. The van der Waals surface area contributed by atoms with Crippen molar-refractivity contribution in [2.24, 2.45) is 0 Å². The molecule has 0 aliphatic carbocycles. The van der Waals surface area contributed by atoms with Gasteiger partial charge in [-0.25, -0.2) is 0 Å². The van der Waals surface area contributed by atoms with Crippen molar-refractivity contribution in [2.45, 2.75) is 19.4 Å². The summed E-state index contributed by atoms with van der Waals surface area (Å²) in [7, 11) is 1.64. The maximum atomic E-state index is 12.8. The molecule has 0 bridgehead atoms. The van der Waals surface area contributed by atoms with Gasteiger partial charge in [-0.2, -0.15) is 0 Å². The van der Waals surface area contributed by atoms with Crippen molar-refractivity contribution in [2.75, 3.05) is 7.11 Å². The summed E-state index contributed by atoms with van der Waals surface area (Å²) in [6, 6.07) is 12.4. The van der Waals surface area contributed by atoms with E-state index in [0.29, 0.717) is 0 Å². The number of benzene rings is 2. The van der Waals surface area contributed by atoms with Gasteiger partial charge < -0.3 is 0 Å². The first-order chi connectivity index (χ1) is 10.5. The van der Waals surface area contributed by atoms with E-state index in [1.165, 1.54) is 12.1 Å². The molecule has 2 aromatic rings. The van der Waals surface area contributed by atoms with Gasteiger partial charge in [0.05, 0.1) is 0 Å². The van der Waals surface area contributed by atoms with Gasteiger partial charge in [-0.3, -0.25) is 0 Å². The normalized spacial score (nSPS) is 14.3. The molecule has 2 aromatic carbocycles. The van der Waals surface area contributed by atoms with E-state index in [2.05, 4.69) is 0 Å². The molecule has 0 aliphatic rings. The van der Waals surface area contributed by atoms with Gasteiger partial charge in [-0.15, -0.1) is 0 Å². The van der Waals surface area contributed by atoms with Crippen molar-refractivity contribution in [1.82, 2.24) is 0 Å². The van der Waals surface area contributed by atoms with Gasteiger partial charge in [0.15, 0.2) is 0 Å². The number of halogens is 5. The summed E-state index contributed by atoms with van der Waals surface area (Å²) in [5.41, 5.74) is 0.654. The van der Waals surface area contributed by atoms with Crippen molar-refractivity contribution in [1.29, 1.82) is 0 Å². The Morgan fingerprint density at radius 1 is 0.826 bits per heavy atom. The molecule has 23 heavy (non-hydrogen) atoms. The zero-order valence-electron chi connectivity index (χ0n) is 12.9. The summed E-state index contributed by atoms with van der Waals surface area (Å²) in [5.74, 6) is 0. The molecule has 0 saturated heterocycles. The second-order valence-corrected chi connectivity index (χ2v) is 14.1. The number of rotatable bonds is 5. The van der Waals surface area contributed by atoms with Crippen LogP contribution in [0, 0.1) is 7.14 Å². The van der Waals surface area contributed by atoms with Crippen molar-refractivity contribution in [3.63, 3.8) is 0 Å². The molecule has 0 unspecified atom stereocenters. The van der Waals surface area contributed by atoms with E-state index in [1.54, 1.807) is 7.11 Å². The molecule has 1 nitrogen and oxygen atoms in total. The molecule has 0 atom stereocenters. The van der Waals surface area contributed by atoms with E-state index in [1.807, 2.05) is 38.1 Å². The van der Waals surface area contributed by atoms with Crippen molar-refractivity contribution in [3.05, 3.63) is 61.2 Å². The van der Waals surface area contributed by atoms with Crippen molar-refractivity contribution < 1.29 is 37.2 Å². The Kier molecular flexibility index (Phi) is 5.39. The molecule has 0 fully saturated rings. The fraction of sp³-hybridized carbons (Fsp3) is 0.250. The van der Waals surface area contributed by atoms with Gasteiger partial charge in [0.25, 0.3) is 0 Å². The van der Waals surface area contributed by atoms with Crippen LogP contribution >= 0.6 is 0 Å². The third-order valence-electron chi connectivity index (χ3n) is 3.48. The van der Waals surface area contributed by atoms with E-state index in [4.69, 9.17) is 4.74 Å². The molecular formula is C16H17F4IOSb+. The fourth-order valence-electron chi connectivity index (χ4n) is 1.89. The second kappa shape index (κ2) is 6.52. The molecule has 0 radical (unpaired) electrons. The van der Waals surface area contributed by atoms with Crippen LogP contribution in [0.4, 0.5) is 11.3 Å². The average molecular weight is 550 g/mol. The Balaban J connectivity index is 2.14. The zero-order valence-corrected chi connectivity index (χ0v) is 17.6. The van der Waals surface area contributed by atoms with E-state index in [9.17, 15) is 11.3 Å². The van der Waals surface area contributed by atoms with Crippen LogP contribution in [0.3, 0.4) is 0 Å². The number of methoxy groups -OCH3 is 1. The van der Waals surface area contributed by atoms with Crippen LogP contribution in [-0.4, -0.2) is 26.8 Å². The fourth-order valence-corrected chi connectivity index (χ4v) is 5.76. The van der Waals surface area contributed by atoms with Crippen LogP contribution in [0.5, 0.6) is 0 Å². The summed E-state index contributed by atoms with van der Waals surface area (Å²) >= 11 is -9.04. The maximum absolute atomic E-state index is 12.8. The van der Waals surface area contributed by atoms with E-state index >= 15 is 0 Å². The Morgan fingerprint density at radius 3 is 1.65 bits per heavy atom. The molecule has 7 heteroatoms. The van der Waals surface area contributed by atoms with Gasteiger partial charge >= 0.3 is 148 Å². The summed E-state index contributed by atoms with van der Waals surface area (Å²) < 4.78 is 57.3. The van der Waals surface area contributed by atoms with Crippen LogP contribution in [-0.2, 0) is 10.3 Å². The Labute approximate surface area is 147 Å². The second-order valence-electron chi connectivity index (χ2n) is 5.51.